The molecule has 0 N–H and O–H groups in total. The number of azide groups is 2. The molecule has 0 aliphatic carbocycles. The number of ether oxygens (including phenoxy) is 5. The van der Waals surface area contributed by atoms with E-state index in [0.717, 1.165) is 0 Å². The Morgan fingerprint density at radius 3 is 1.73 bits per heavy atom. The first-order valence-corrected chi connectivity index (χ1v) is 8.14. The third kappa shape index (κ3) is 18.4. The van der Waals surface area contributed by atoms with Gasteiger partial charge in [-0.3, -0.25) is 4.79 Å². The van der Waals surface area contributed by atoms with Gasteiger partial charge >= 0.3 is 0 Å². The van der Waals surface area contributed by atoms with Crippen molar-refractivity contribution in [1.82, 2.24) is 0 Å². The Morgan fingerprint density at radius 1 is 0.846 bits per heavy atom. The Labute approximate surface area is 151 Å². The molecule has 0 heterocycles. The van der Waals surface area contributed by atoms with Gasteiger partial charge in [0.15, 0.2) is 5.78 Å². The lowest BCUT2D eigenvalue weighted by Crippen LogP contribution is -2.29. The molecule has 12 heteroatoms. The molecule has 0 saturated carbocycles. The minimum atomic E-state index is -0.384. The summed E-state index contributed by atoms with van der Waals surface area (Å²) in [5.74, 6) is -0.0854. The van der Waals surface area contributed by atoms with Crippen LogP contribution >= 0.6 is 0 Å². The molecule has 0 aliphatic rings. The van der Waals surface area contributed by atoms with Gasteiger partial charge in [-0.15, -0.1) is 0 Å². The molecule has 0 rings (SSSR count). The maximum absolute atomic E-state index is 11.0. The fourth-order valence-electron chi connectivity index (χ4n) is 1.55. The number of hydrogen-bond donors (Lipinski definition) is 0. The zero-order valence-electron chi connectivity index (χ0n) is 15.0. The lowest BCUT2D eigenvalue weighted by Gasteiger charge is -2.17. The highest BCUT2D eigenvalue weighted by Gasteiger charge is 2.11. The van der Waals surface area contributed by atoms with Crippen molar-refractivity contribution < 1.29 is 28.5 Å². The van der Waals surface area contributed by atoms with Crippen molar-refractivity contribution in [2.45, 2.75) is 13.0 Å². The summed E-state index contributed by atoms with van der Waals surface area (Å²) in [6, 6.07) is 0. The zero-order valence-corrected chi connectivity index (χ0v) is 15.0. The van der Waals surface area contributed by atoms with Crippen molar-refractivity contribution in [1.29, 1.82) is 0 Å². The largest absolute Gasteiger partial charge is 0.379 e. The SMILES string of the molecule is CC(=O)COC(COCCOCCN=[N+]=[N-])COCCOCCN=[N+]=[N-]. The second kappa shape index (κ2) is 19.4. The van der Waals surface area contributed by atoms with E-state index in [0.29, 0.717) is 39.6 Å². The predicted octanol–water partition coefficient (Wildman–Crippen LogP) is 1.65. The molecule has 0 fully saturated rings. The molecule has 0 radical (unpaired) electrons. The Kier molecular flexibility index (Phi) is 18.0. The summed E-state index contributed by atoms with van der Waals surface area (Å²) in [6.45, 7) is 4.57. The van der Waals surface area contributed by atoms with Crippen molar-refractivity contribution >= 4 is 5.78 Å². The number of carbonyl (C=O) groups excluding carboxylic acids is 1. The van der Waals surface area contributed by atoms with Crippen molar-refractivity contribution in [2.24, 2.45) is 10.2 Å². The molecule has 0 aromatic heterocycles. The lowest BCUT2D eigenvalue weighted by molar-refractivity contribution is -0.128. The van der Waals surface area contributed by atoms with E-state index in [9.17, 15) is 4.79 Å². The van der Waals surface area contributed by atoms with Gasteiger partial charge < -0.3 is 23.7 Å². The quantitative estimate of drug-likeness (QED) is 0.144. The van der Waals surface area contributed by atoms with Gasteiger partial charge in [0, 0.05) is 22.9 Å². The first-order valence-electron chi connectivity index (χ1n) is 8.14. The van der Waals surface area contributed by atoms with Gasteiger partial charge in [-0.25, -0.2) is 0 Å². The van der Waals surface area contributed by atoms with Crippen molar-refractivity contribution in [3.63, 3.8) is 0 Å². The summed E-state index contributed by atoms with van der Waals surface area (Å²) in [7, 11) is 0. The van der Waals surface area contributed by atoms with Crippen LogP contribution in [0.4, 0.5) is 0 Å². The molecule has 148 valence electrons. The van der Waals surface area contributed by atoms with E-state index in [4.69, 9.17) is 34.7 Å². The number of carbonyl (C=O) groups is 1. The Balaban J connectivity index is 3.77. The predicted molar refractivity (Wildman–Crippen MR) is 91.7 cm³/mol. The topological polar surface area (TPSA) is 161 Å². The maximum Gasteiger partial charge on any atom is 0.155 e. The summed E-state index contributed by atoms with van der Waals surface area (Å²) in [4.78, 5) is 16.3. The molecule has 0 atom stereocenters. The standard InChI is InChI=1S/C14H26N6O6/c1-13(21)10-26-14(11-24-8-6-22-4-2-17-19-15)12-25-9-7-23-5-3-18-20-16/h14H,2-12H2,1H3. The molecule has 26 heavy (non-hydrogen) atoms. The smallest absolute Gasteiger partial charge is 0.155 e. The van der Waals surface area contributed by atoms with Crippen LogP contribution in [0.2, 0.25) is 0 Å². The van der Waals surface area contributed by atoms with Crippen molar-refractivity contribution in [3.8, 4) is 0 Å². The van der Waals surface area contributed by atoms with Crippen molar-refractivity contribution in [2.75, 3.05) is 72.6 Å². The first kappa shape index (κ1) is 24.1. The number of rotatable bonds is 19. The van der Waals surface area contributed by atoms with Crippen LogP contribution in [0.1, 0.15) is 6.92 Å². The molecular formula is C14H26N6O6. The summed E-state index contributed by atoms with van der Waals surface area (Å²) in [5, 5.41) is 6.69. The summed E-state index contributed by atoms with van der Waals surface area (Å²) in [5.41, 5.74) is 16.2. The number of ketones is 1. The van der Waals surface area contributed by atoms with E-state index in [2.05, 4.69) is 20.1 Å². The fraction of sp³-hybridized carbons (Fsp3) is 0.929. The number of nitrogens with zero attached hydrogens (tertiary/aromatic N) is 6. The minimum absolute atomic E-state index is 0.0112. The molecule has 0 saturated heterocycles. The third-order valence-corrected chi connectivity index (χ3v) is 2.67. The van der Waals surface area contributed by atoms with E-state index in [1.54, 1.807) is 0 Å². The van der Waals surface area contributed by atoms with Gasteiger partial charge in [0.1, 0.15) is 12.7 Å². The van der Waals surface area contributed by atoms with Gasteiger partial charge in [0.25, 0.3) is 0 Å². The van der Waals surface area contributed by atoms with Gasteiger partial charge in [-0.2, -0.15) is 0 Å². The molecule has 0 aromatic carbocycles. The summed E-state index contributed by atoms with van der Waals surface area (Å²) >= 11 is 0. The van der Waals surface area contributed by atoms with Crippen LogP contribution in [0.25, 0.3) is 20.9 Å². The summed E-state index contributed by atoms with van der Waals surface area (Å²) in [6.07, 6.45) is -0.384. The molecule has 0 aliphatic heterocycles. The van der Waals surface area contributed by atoms with E-state index >= 15 is 0 Å². The molecule has 0 unspecified atom stereocenters. The molecule has 0 aromatic rings. The second-order valence-corrected chi connectivity index (χ2v) is 4.92. The van der Waals surface area contributed by atoms with Gasteiger partial charge in [-0.1, -0.05) is 10.2 Å². The number of hydrogen-bond acceptors (Lipinski definition) is 8. The van der Waals surface area contributed by atoms with Crippen LogP contribution in [0.5, 0.6) is 0 Å². The summed E-state index contributed by atoms with van der Waals surface area (Å²) < 4.78 is 26.7. The maximum atomic E-state index is 11.0. The van der Waals surface area contributed by atoms with E-state index in [1.807, 2.05) is 0 Å². The van der Waals surface area contributed by atoms with Crippen LogP contribution in [-0.2, 0) is 28.5 Å². The first-order chi connectivity index (χ1) is 12.7. The van der Waals surface area contributed by atoms with Crippen LogP contribution in [0, 0.1) is 0 Å². The average Bonchev–Trinajstić information content (AvgIpc) is 2.63. The molecule has 0 bridgehead atoms. The number of Topliss-reactive ketones (excluding diaryl/α,β-unsaturated/α-hetero) is 1. The van der Waals surface area contributed by atoms with Crippen LogP contribution < -0.4 is 0 Å². The Morgan fingerprint density at radius 2 is 1.31 bits per heavy atom. The second-order valence-electron chi connectivity index (χ2n) is 4.92. The van der Waals surface area contributed by atoms with E-state index in [-0.39, 0.29) is 44.8 Å². The van der Waals surface area contributed by atoms with Gasteiger partial charge in [-0.05, 0) is 18.0 Å². The van der Waals surface area contributed by atoms with Crippen LogP contribution in [0.3, 0.4) is 0 Å². The average molecular weight is 374 g/mol. The van der Waals surface area contributed by atoms with Gasteiger partial charge in [0.05, 0.1) is 52.9 Å². The van der Waals surface area contributed by atoms with Crippen molar-refractivity contribution in [3.05, 3.63) is 20.9 Å². The Hall–Kier alpha value is -1.91. The molecule has 0 spiro atoms. The third-order valence-electron chi connectivity index (χ3n) is 2.67. The molecular weight excluding hydrogens is 348 g/mol. The minimum Gasteiger partial charge on any atom is -0.379 e. The van der Waals surface area contributed by atoms with E-state index in [1.165, 1.54) is 6.92 Å². The van der Waals surface area contributed by atoms with E-state index < -0.39 is 0 Å². The highest BCUT2D eigenvalue weighted by molar-refractivity contribution is 5.76. The highest BCUT2D eigenvalue weighted by Crippen LogP contribution is 1.97. The van der Waals surface area contributed by atoms with Crippen LogP contribution in [0.15, 0.2) is 10.2 Å². The normalized spacial score (nSPS) is 11.4. The van der Waals surface area contributed by atoms with Gasteiger partial charge in [0.2, 0.25) is 0 Å². The highest BCUT2D eigenvalue weighted by atomic mass is 16.6. The molecule has 0 amide bonds. The zero-order chi connectivity index (χ0) is 19.3. The fourth-order valence-corrected chi connectivity index (χ4v) is 1.55. The van der Waals surface area contributed by atoms with Crippen LogP contribution in [-0.4, -0.2) is 84.4 Å². The lowest BCUT2D eigenvalue weighted by atomic mass is 10.4. The monoisotopic (exact) mass is 374 g/mol. The molecule has 12 nitrogen and oxygen atoms in total. The Bertz CT molecular complexity index is 421.